The number of piperidine rings is 1. The van der Waals surface area contributed by atoms with E-state index in [0.29, 0.717) is 11.5 Å². The van der Waals surface area contributed by atoms with E-state index in [9.17, 15) is 5.11 Å². The van der Waals surface area contributed by atoms with E-state index in [1.165, 1.54) is 0 Å². The first-order valence-electron chi connectivity index (χ1n) is 5.85. The van der Waals surface area contributed by atoms with Crippen molar-refractivity contribution in [3.05, 3.63) is 23.8 Å². The van der Waals surface area contributed by atoms with Gasteiger partial charge in [0, 0.05) is 0 Å². The van der Waals surface area contributed by atoms with Crippen LogP contribution in [0.15, 0.2) is 18.2 Å². The summed E-state index contributed by atoms with van der Waals surface area (Å²) in [4.78, 5) is 0. The van der Waals surface area contributed by atoms with Crippen LogP contribution < -0.4 is 14.8 Å². The van der Waals surface area contributed by atoms with Crippen molar-refractivity contribution in [3.63, 3.8) is 0 Å². The Labute approximate surface area is 114 Å². The van der Waals surface area contributed by atoms with E-state index >= 15 is 0 Å². The lowest BCUT2D eigenvalue weighted by molar-refractivity contribution is 0.00572. The van der Waals surface area contributed by atoms with E-state index in [-0.39, 0.29) is 12.4 Å². The number of hydrogen-bond donors (Lipinski definition) is 2. The molecule has 0 atom stereocenters. The molecule has 0 unspecified atom stereocenters. The third-order valence-electron chi connectivity index (χ3n) is 3.35. The third kappa shape index (κ3) is 2.88. The minimum absolute atomic E-state index is 0. The van der Waals surface area contributed by atoms with Crippen LogP contribution in [0, 0.1) is 0 Å². The van der Waals surface area contributed by atoms with Crippen LogP contribution in [0.1, 0.15) is 18.4 Å². The number of benzene rings is 1. The summed E-state index contributed by atoms with van der Waals surface area (Å²) in [7, 11) is 3.21. The molecule has 4 nitrogen and oxygen atoms in total. The predicted octanol–water partition coefficient (Wildman–Crippen LogP) is 1.70. The van der Waals surface area contributed by atoms with Gasteiger partial charge in [0.25, 0.3) is 0 Å². The minimum Gasteiger partial charge on any atom is -0.493 e. The standard InChI is InChI=1S/C13H19NO3.ClH/c1-16-11-4-3-10(9-12(11)17-2)13(15)5-7-14-8-6-13;/h3-4,9,14-15H,5-8H2,1-2H3;1H. The van der Waals surface area contributed by atoms with Gasteiger partial charge in [0.15, 0.2) is 11.5 Å². The molecule has 5 heteroatoms. The highest BCUT2D eigenvalue weighted by Gasteiger charge is 2.31. The Bertz CT molecular complexity index is 392. The van der Waals surface area contributed by atoms with Crippen LogP contribution in [0.4, 0.5) is 0 Å². The zero-order valence-electron chi connectivity index (χ0n) is 10.7. The lowest BCUT2D eigenvalue weighted by Gasteiger charge is -2.33. The lowest BCUT2D eigenvalue weighted by Crippen LogP contribution is -2.39. The summed E-state index contributed by atoms with van der Waals surface area (Å²) in [6.07, 6.45) is 1.45. The van der Waals surface area contributed by atoms with Gasteiger partial charge in [-0.05, 0) is 43.6 Å². The van der Waals surface area contributed by atoms with Gasteiger partial charge in [-0.15, -0.1) is 12.4 Å². The minimum atomic E-state index is -0.745. The first-order chi connectivity index (χ1) is 8.19. The van der Waals surface area contributed by atoms with Gasteiger partial charge in [-0.3, -0.25) is 0 Å². The highest BCUT2D eigenvalue weighted by Crippen LogP contribution is 2.36. The molecule has 1 saturated heterocycles. The van der Waals surface area contributed by atoms with Crippen LogP contribution in [-0.4, -0.2) is 32.4 Å². The fourth-order valence-electron chi connectivity index (χ4n) is 2.25. The first-order valence-corrected chi connectivity index (χ1v) is 5.85. The molecule has 1 aromatic carbocycles. The number of ether oxygens (including phenoxy) is 2. The van der Waals surface area contributed by atoms with Gasteiger partial charge < -0.3 is 19.9 Å². The Kier molecular flexibility index (Phi) is 5.26. The van der Waals surface area contributed by atoms with Crippen molar-refractivity contribution in [2.24, 2.45) is 0 Å². The summed E-state index contributed by atoms with van der Waals surface area (Å²) in [6.45, 7) is 1.68. The second-order valence-corrected chi connectivity index (χ2v) is 4.35. The smallest absolute Gasteiger partial charge is 0.161 e. The molecular weight excluding hydrogens is 254 g/mol. The fourth-order valence-corrected chi connectivity index (χ4v) is 2.25. The number of nitrogens with one attached hydrogen (secondary N) is 1. The molecular formula is C13H20ClNO3. The molecule has 0 aromatic heterocycles. The molecule has 102 valence electrons. The lowest BCUT2D eigenvalue weighted by atomic mass is 9.85. The maximum absolute atomic E-state index is 10.6. The number of hydrogen-bond acceptors (Lipinski definition) is 4. The van der Waals surface area contributed by atoms with Crippen molar-refractivity contribution in [2.45, 2.75) is 18.4 Å². The van der Waals surface area contributed by atoms with Crippen LogP contribution in [0.5, 0.6) is 11.5 Å². The van der Waals surface area contributed by atoms with Crippen LogP contribution in [0.2, 0.25) is 0 Å². The quantitative estimate of drug-likeness (QED) is 0.880. The van der Waals surface area contributed by atoms with Gasteiger partial charge in [0.2, 0.25) is 0 Å². The third-order valence-corrected chi connectivity index (χ3v) is 3.35. The Morgan fingerprint density at radius 3 is 2.28 bits per heavy atom. The summed E-state index contributed by atoms with van der Waals surface area (Å²) in [5, 5.41) is 13.8. The van der Waals surface area contributed by atoms with Gasteiger partial charge in [-0.2, -0.15) is 0 Å². The van der Waals surface area contributed by atoms with E-state index in [1.54, 1.807) is 14.2 Å². The van der Waals surface area contributed by atoms with Crippen LogP contribution in [0.25, 0.3) is 0 Å². The average Bonchev–Trinajstić information content (AvgIpc) is 2.38. The van der Waals surface area contributed by atoms with E-state index < -0.39 is 5.60 Å². The fraction of sp³-hybridized carbons (Fsp3) is 0.538. The summed E-state index contributed by atoms with van der Waals surface area (Å²) in [6, 6.07) is 5.62. The summed E-state index contributed by atoms with van der Waals surface area (Å²) < 4.78 is 10.5. The van der Waals surface area contributed by atoms with Crippen molar-refractivity contribution in [3.8, 4) is 11.5 Å². The number of halogens is 1. The Balaban J connectivity index is 0.00000162. The zero-order chi connectivity index (χ0) is 12.3. The zero-order valence-corrected chi connectivity index (χ0v) is 11.5. The van der Waals surface area contributed by atoms with Crippen LogP contribution >= 0.6 is 12.4 Å². The maximum atomic E-state index is 10.6. The molecule has 1 heterocycles. The molecule has 0 spiro atoms. The molecule has 0 radical (unpaired) electrons. The molecule has 1 aromatic rings. The SMILES string of the molecule is COc1ccc(C2(O)CCNCC2)cc1OC.Cl. The van der Waals surface area contributed by atoms with E-state index in [1.807, 2.05) is 18.2 Å². The Morgan fingerprint density at radius 1 is 1.11 bits per heavy atom. The molecule has 0 bridgehead atoms. The first kappa shape index (κ1) is 15.1. The predicted molar refractivity (Wildman–Crippen MR) is 72.8 cm³/mol. The molecule has 2 rings (SSSR count). The monoisotopic (exact) mass is 273 g/mol. The van der Waals surface area contributed by atoms with E-state index in [2.05, 4.69) is 5.32 Å². The maximum Gasteiger partial charge on any atom is 0.161 e. The summed E-state index contributed by atoms with van der Waals surface area (Å²) >= 11 is 0. The van der Waals surface area contributed by atoms with Gasteiger partial charge in [0.05, 0.1) is 19.8 Å². The Morgan fingerprint density at radius 2 is 1.72 bits per heavy atom. The number of methoxy groups -OCH3 is 2. The molecule has 2 N–H and O–H groups in total. The second kappa shape index (κ2) is 6.27. The largest absolute Gasteiger partial charge is 0.493 e. The molecule has 1 aliphatic heterocycles. The van der Waals surface area contributed by atoms with E-state index in [0.717, 1.165) is 31.5 Å². The molecule has 0 amide bonds. The van der Waals surface area contributed by atoms with Gasteiger partial charge in [-0.1, -0.05) is 6.07 Å². The number of rotatable bonds is 3. The summed E-state index contributed by atoms with van der Waals surface area (Å²) in [5.41, 5.74) is 0.154. The van der Waals surface area contributed by atoms with Crippen molar-refractivity contribution in [1.29, 1.82) is 0 Å². The second-order valence-electron chi connectivity index (χ2n) is 4.35. The highest BCUT2D eigenvalue weighted by molar-refractivity contribution is 5.85. The molecule has 0 aliphatic carbocycles. The van der Waals surface area contributed by atoms with Crippen molar-refractivity contribution in [1.82, 2.24) is 5.32 Å². The topological polar surface area (TPSA) is 50.7 Å². The van der Waals surface area contributed by atoms with Crippen molar-refractivity contribution in [2.75, 3.05) is 27.3 Å². The Hall–Kier alpha value is -0.970. The van der Waals surface area contributed by atoms with Gasteiger partial charge in [0.1, 0.15) is 0 Å². The molecule has 1 aliphatic rings. The van der Waals surface area contributed by atoms with E-state index in [4.69, 9.17) is 9.47 Å². The normalized spacial score (nSPS) is 17.7. The molecule has 0 saturated carbocycles. The van der Waals surface area contributed by atoms with Crippen LogP contribution in [0.3, 0.4) is 0 Å². The number of aliphatic hydroxyl groups is 1. The van der Waals surface area contributed by atoms with Gasteiger partial charge in [-0.25, -0.2) is 0 Å². The van der Waals surface area contributed by atoms with Crippen LogP contribution in [-0.2, 0) is 5.60 Å². The molecule has 18 heavy (non-hydrogen) atoms. The average molecular weight is 274 g/mol. The summed E-state index contributed by atoms with van der Waals surface area (Å²) in [5.74, 6) is 1.35. The van der Waals surface area contributed by atoms with Gasteiger partial charge >= 0.3 is 0 Å². The van der Waals surface area contributed by atoms with Crippen molar-refractivity contribution >= 4 is 12.4 Å². The van der Waals surface area contributed by atoms with Crippen molar-refractivity contribution < 1.29 is 14.6 Å². The molecule has 1 fully saturated rings. The highest BCUT2D eigenvalue weighted by atomic mass is 35.5.